The maximum atomic E-state index is 4.08. The van der Waals surface area contributed by atoms with Crippen molar-refractivity contribution in [3.63, 3.8) is 0 Å². The molecule has 3 nitrogen and oxygen atoms in total. The second kappa shape index (κ2) is 3.96. The van der Waals surface area contributed by atoms with Crippen LogP contribution in [0.3, 0.4) is 0 Å². The fourth-order valence-electron chi connectivity index (χ4n) is 1.32. The van der Waals surface area contributed by atoms with Crippen molar-refractivity contribution in [2.24, 2.45) is 0 Å². The average Bonchev–Trinajstić information content (AvgIpc) is 2.59. The molecule has 0 aliphatic carbocycles. The minimum absolute atomic E-state index is 0.973. The van der Waals surface area contributed by atoms with Gasteiger partial charge in [0.25, 0.3) is 0 Å². The summed E-state index contributed by atoms with van der Waals surface area (Å²) < 4.78 is 0. The lowest BCUT2D eigenvalue weighted by atomic mass is 10.4. The summed E-state index contributed by atoms with van der Waals surface area (Å²) in [7, 11) is 0. The number of nitrogens with zero attached hydrogens (tertiary/aromatic N) is 2. The Morgan fingerprint density at radius 3 is 3.08 bits per heavy atom. The van der Waals surface area contributed by atoms with Gasteiger partial charge in [-0.15, -0.1) is 0 Å². The Morgan fingerprint density at radius 2 is 2.42 bits per heavy atom. The predicted octanol–water partition coefficient (Wildman–Crippen LogP) is 0.759. The van der Waals surface area contributed by atoms with Crippen LogP contribution in [0, 0.1) is 6.33 Å². The summed E-state index contributed by atoms with van der Waals surface area (Å²) in [6, 6.07) is 0. The molecule has 1 aliphatic rings. The van der Waals surface area contributed by atoms with E-state index in [4.69, 9.17) is 0 Å². The van der Waals surface area contributed by atoms with E-state index in [1.54, 1.807) is 0 Å². The number of nitrogens with one attached hydrogen (secondary N) is 1. The summed E-state index contributed by atoms with van der Waals surface area (Å²) in [5, 5.41) is 0. The second-order valence-corrected chi connectivity index (χ2v) is 4.12. The van der Waals surface area contributed by atoms with E-state index in [9.17, 15) is 0 Å². The highest BCUT2D eigenvalue weighted by molar-refractivity contribution is 7.99. The largest absolute Gasteiger partial charge is 0.342 e. The molecule has 0 aromatic carbocycles. The van der Waals surface area contributed by atoms with Crippen LogP contribution in [-0.2, 0) is 6.54 Å². The van der Waals surface area contributed by atoms with E-state index in [2.05, 4.69) is 21.2 Å². The van der Waals surface area contributed by atoms with E-state index in [1.807, 2.05) is 18.0 Å². The van der Waals surface area contributed by atoms with Crippen molar-refractivity contribution in [3.8, 4) is 0 Å². The molecule has 0 spiro atoms. The first-order chi connectivity index (χ1) is 5.95. The normalized spacial score (nSPS) is 19.7. The number of imidazole rings is 1. The monoisotopic (exact) mass is 182 g/mol. The first-order valence-corrected chi connectivity index (χ1v) is 5.31. The van der Waals surface area contributed by atoms with Gasteiger partial charge in [-0.25, -0.2) is 4.98 Å². The van der Waals surface area contributed by atoms with E-state index in [1.165, 1.54) is 24.6 Å². The molecule has 1 aromatic heterocycles. The SMILES string of the molecule is [c]1nc(CN2CCSCC2)c[nH]1. The standard InChI is InChI=1S/C8H12N3S/c1-3-12-4-2-11(1)6-8-5-9-7-10-8/h5H,1-4,6H2,(H,9,10). The van der Waals surface area contributed by atoms with Crippen molar-refractivity contribution in [2.45, 2.75) is 6.54 Å². The van der Waals surface area contributed by atoms with Gasteiger partial charge in [-0.1, -0.05) is 0 Å². The third kappa shape index (κ3) is 2.01. The molecule has 65 valence electrons. The maximum Gasteiger partial charge on any atom is 0.173 e. The number of rotatable bonds is 2. The van der Waals surface area contributed by atoms with Crippen molar-refractivity contribution in [3.05, 3.63) is 18.2 Å². The molecule has 2 rings (SSSR count). The Bertz CT molecular complexity index is 216. The molecule has 1 aliphatic heterocycles. The summed E-state index contributed by atoms with van der Waals surface area (Å²) in [6.45, 7) is 3.36. The lowest BCUT2D eigenvalue weighted by Gasteiger charge is -2.24. The fraction of sp³-hybridized carbons (Fsp3) is 0.625. The van der Waals surface area contributed by atoms with Gasteiger partial charge >= 0.3 is 0 Å². The Labute approximate surface area is 76.6 Å². The molecule has 1 saturated heterocycles. The zero-order chi connectivity index (χ0) is 8.23. The molecule has 1 radical (unpaired) electrons. The van der Waals surface area contributed by atoms with E-state index < -0.39 is 0 Å². The highest BCUT2D eigenvalue weighted by atomic mass is 32.2. The molecular formula is C8H12N3S. The second-order valence-electron chi connectivity index (χ2n) is 2.89. The molecule has 0 bridgehead atoms. The summed E-state index contributed by atoms with van der Waals surface area (Å²) in [5.41, 5.74) is 1.10. The number of hydrogen-bond acceptors (Lipinski definition) is 3. The van der Waals surface area contributed by atoms with Crippen LogP contribution in [0.5, 0.6) is 0 Å². The zero-order valence-electron chi connectivity index (χ0n) is 6.92. The molecule has 4 heteroatoms. The third-order valence-corrected chi connectivity index (χ3v) is 2.93. The molecular weight excluding hydrogens is 170 g/mol. The van der Waals surface area contributed by atoms with Gasteiger partial charge in [0, 0.05) is 37.3 Å². The quantitative estimate of drug-likeness (QED) is 0.732. The van der Waals surface area contributed by atoms with E-state index >= 15 is 0 Å². The van der Waals surface area contributed by atoms with Crippen molar-refractivity contribution in [1.82, 2.24) is 14.9 Å². The van der Waals surface area contributed by atoms with Crippen molar-refractivity contribution in [1.29, 1.82) is 0 Å². The predicted molar refractivity (Wildman–Crippen MR) is 50.0 cm³/mol. The summed E-state index contributed by atoms with van der Waals surface area (Å²) in [4.78, 5) is 9.36. The number of hydrogen-bond donors (Lipinski definition) is 1. The lowest BCUT2D eigenvalue weighted by Crippen LogP contribution is -2.32. The number of thioether (sulfide) groups is 1. The summed E-state index contributed by atoms with van der Waals surface area (Å²) in [5.74, 6) is 2.52. The molecule has 2 heterocycles. The molecule has 0 saturated carbocycles. The van der Waals surface area contributed by atoms with Crippen LogP contribution in [0.15, 0.2) is 6.20 Å². The minimum Gasteiger partial charge on any atom is -0.342 e. The van der Waals surface area contributed by atoms with Gasteiger partial charge in [-0.05, 0) is 0 Å². The van der Waals surface area contributed by atoms with E-state index in [0.717, 1.165) is 12.2 Å². The van der Waals surface area contributed by atoms with E-state index in [-0.39, 0.29) is 0 Å². The Hall–Kier alpha value is -0.480. The summed E-state index contributed by atoms with van der Waals surface area (Å²) in [6.07, 6.45) is 4.63. The molecule has 1 N–H and O–H groups in total. The van der Waals surface area contributed by atoms with Crippen molar-refractivity contribution in [2.75, 3.05) is 24.6 Å². The fourth-order valence-corrected chi connectivity index (χ4v) is 2.30. The van der Waals surface area contributed by atoms with Gasteiger partial charge in [0.1, 0.15) is 0 Å². The topological polar surface area (TPSA) is 31.9 Å². The minimum atomic E-state index is 0.973. The van der Waals surface area contributed by atoms with Crippen LogP contribution in [0.4, 0.5) is 0 Å². The first-order valence-electron chi connectivity index (χ1n) is 4.15. The highest BCUT2D eigenvalue weighted by Gasteiger charge is 2.10. The maximum absolute atomic E-state index is 4.08. The number of aromatic nitrogens is 2. The molecule has 0 unspecified atom stereocenters. The van der Waals surface area contributed by atoms with E-state index in [0.29, 0.717) is 0 Å². The van der Waals surface area contributed by atoms with Gasteiger partial charge in [0.05, 0.1) is 5.69 Å². The molecule has 1 aromatic rings. The summed E-state index contributed by atoms with van der Waals surface area (Å²) >= 11 is 2.03. The van der Waals surface area contributed by atoms with Gasteiger partial charge in [-0.2, -0.15) is 11.8 Å². The van der Waals surface area contributed by atoms with Gasteiger partial charge in [0.2, 0.25) is 0 Å². The average molecular weight is 182 g/mol. The smallest absolute Gasteiger partial charge is 0.173 e. The van der Waals surface area contributed by atoms with Crippen LogP contribution in [0.2, 0.25) is 0 Å². The van der Waals surface area contributed by atoms with Gasteiger partial charge in [-0.3, -0.25) is 4.90 Å². The third-order valence-electron chi connectivity index (χ3n) is 1.99. The van der Waals surface area contributed by atoms with Gasteiger partial charge < -0.3 is 4.98 Å². The molecule has 12 heavy (non-hydrogen) atoms. The highest BCUT2D eigenvalue weighted by Crippen LogP contribution is 2.10. The number of H-pyrrole nitrogens is 1. The van der Waals surface area contributed by atoms with Gasteiger partial charge in [0.15, 0.2) is 6.33 Å². The van der Waals surface area contributed by atoms with Crippen LogP contribution >= 0.6 is 11.8 Å². The van der Waals surface area contributed by atoms with Crippen LogP contribution in [-0.4, -0.2) is 39.5 Å². The lowest BCUT2D eigenvalue weighted by molar-refractivity contribution is 0.291. The molecule has 0 amide bonds. The Kier molecular flexibility index (Phi) is 2.68. The zero-order valence-corrected chi connectivity index (χ0v) is 7.73. The van der Waals surface area contributed by atoms with Crippen LogP contribution < -0.4 is 0 Å². The van der Waals surface area contributed by atoms with Crippen molar-refractivity contribution >= 4 is 11.8 Å². The number of aromatic amines is 1. The Morgan fingerprint density at radius 1 is 1.58 bits per heavy atom. The van der Waals surface area contributed by atoms with Crippen LogP contribution in [0.25, 0.3) is 0 Å². The van der Waals surface area contributed by atoms with Crippen molar-refractivity contribution < 1.29 is 0 Å². The van der Waals surface area contributed by atoms with Crippen LogP contribution in [0.1, 0.15) is 5.69 Å². The molecule has 1 fully saturated rings. The molecule has 0 atom stereocenters. The Balaban J connectivity index is 1.86. The first kappa shape index (κ1) is 8.13.